The van der Waals surface area contributed by atoms with Gasteiger partial charge >= 0.3 is 0 Å². The molecular formula is C11H13BrN4. The Morgan fingerprint density at radius 1 is 1.44 bits per heavy atom. The predicted molar refractivity (Wildman–Crippen MR) is 66.6 cm³/mol. The lowest BCUT2D eigenvalue weighted by Crippen LogP contribution is -2.08. The van der Waals surface area contributed by atoms with E-state index in [0.717, 1.165) is 22.4 Å². The molecule has 0 aliphatic rings. The summed E-state index contributed by atoms with van der Waals surface area (Å²) in [5, 5.41) is 7.96. The minimum Gasteiger partial charge on any atom is -0.330 e. The topological polar surface area (TPSA) is 56.7 Å². The Bertz CT molecular complexity index is 492. The average Bonchev–Trinajstić information content (AvgIpc) is 2.71. The van der Waals surface area contributed by atoms with Crippen LogP contribution in [0.25, 0.3) is 5.69 Å². The maximum atomic E-state index is 5.53. The van der Waals surface area contributed by atoms with Gasteiger partial charge in [0.1, 0.15) is 12.2 Å². The van der Waals surface area contributed by atoms with Crippen molar-refractivity contribution in [3.05, 3.63) is 40.4 Å². The van der Waals surface area contributed by atoms with Gasteiger partial charge in [-0.15, -0.1) is 10.2 Å². The van der Waals surface area contributed by atoms with Crippen LogP contribution in [0.3, 0.4) is 0 Å². The summed E-state index contributed by atoms with van der Waals surface area (Å²) in [5.41, 5.74) is 7.78. The molecule has 84 valence electrons. The van der Waals surface area contributed by atoms with Gasteiger partial charge in [0, 0.05) is 16.6 Å². The summed E-state index contributed by atoms with van der Waals surface area (Å²) in [5.74, 6) is 0.887. The van der Waals surface area contributed by atoms with Crippen LogP contribution in [0.15, 0.2) is 29.0 Å². The van der Waals surface area contributed by atoms with Crippen LogP contribution in [-0.2, 0) is 6.42 Å². The van der Waals surface area contributed by atoms with E-state index in [1.165, 1.54) is 5.56 Å². The van der Waals surface area contributed by atoms with Gasteiger partial charge in [-0.1, -0.05) is 22.0 Å². The summed E-state index contributed by atoms with van der Waals surface area (Å²) in [6.07, 6.45) is 2.44. The van der Waals surface area contributed by atoms with Gasteiger partial charge in [0.25, 0.3) is 0 Å². The maximum Gasteiger partial charge on any atom is 0.138 e. The maximum absolute atomic E-state index is 5.53. The Balaban J connectivity index is 2.42. The van der Waals surface area contributed by atoms with Crippen molar-refractivity contribution in [3.8, 4) is 5.69 Å². The van der Waals surface area contributed by atoms with E-state index in [1.54, 1.807) is 6.33 Å². The van der Waals surface area contributed by atoms with Crippen LogP contribution in [0, 0.1) is 6.92 Å². The number of rotatable bonds is 3. The molecule has 2 aromatic rings. The molecule has 2 rings (SSSR count). The summed E-state index contributed by atoms with van der Waals surface area (Å²) >= 11 is 3.52. The van der Waals surface area contributed by atoms with Gasteiger partial charge in [-0.2, -0.15) is 0 Å². The smallest absolute Gasteiger partial charge is 0.138 e. The Morgan fingerprint density at radius 3 is 2.94 bits per heavy atom. The minimum atomic E-state index is 0.575. The van der Waals surface area contributed by atoms with Crippen molar-refractivity contribution >= 4 is 15.9 Å². The van der Waals surface area contributed by atoms with Crippen molar-refractivity contribution in [2.45, 2.75) is 13.3 Å². The van der Waals surface area contributed by atoms with Crippen LogP contribution in [0.5, 0.6) is 0 Å². The molecule has 1 aromatic heterocycles. The van der Waals surface area contributed by atoms with Crippen LogP contribution in [0.2, 0.25) is 0 Å². The Hall–Kier alpha value is -1.20. The van der Waals surface area contributed by atoms with Crippen LogP contribution < -0.4 is 5.73 Å². The highest BCUT2D eigenvalue weighted by atomic mass is 79.9. The molecule has 0 radical (unpaired) electrons. The lowest BCUT2D eigenvalue weighted by Gasteiger charge is -2.07. The summed E-state index contributed by atoms with van der Waals surface area (Å²) < 4.78 is 3.04. The molecule has 0 saturated carbocycles. The molecule has 0 aliphatic heterocycles. The molecule has 16 heavy (non-hydrogen) atoms. The summed E-state index contributed by atoms with van der Waals surface area (Å²) in [4.78, 5) is 0. The van der Waals surface area contributed by atoms with Gasteiger partial charge in [-0.25, -0.2) is 0 Å². The first-order valence-electron chi connectivity index (χ1n) is 5.08. The van der Waals surface area contributed by atoms with Crippen molar-refractivity contribution in [2.24, 2.45) is 5.73 Å². The number of nitrogens with zero attached hydrogens (tertiary/aromatic N) is 3. The standard InChI is InChI=1S/C11H13BrN4/c1-8-2-3-9(6-10(8)12)16-7-14-15-11(16)4-5-13/h2-3,6-7H,4-5,13H2,1H3. The van der Waals surface area contributed by atoms with Gasteiger partial charge in [-0.3, -0.25) is 4.57 Å². The second kappa shape index (κ2) is 4.76. The molecule has 0 aliphatic carbocycles. The van der Waals surface area contributed by atoms with E-state index in [1.807, 2.05) is 10.6 Å². The van der Waals surface area contributed by atoms with E-state index in [9.17, 15) is 0 Å². The second-order valence-electron chi connectivity index (χ2n) is 3.59. The molecular weight excluding hydrogens is 268 g/mol. The first-order chi connectivity index (χ1) is 7.72. The van der Waals surface area contributed by atoms with E-state index in [0.29, 0.717) is 6.54 Å². The zero-order valence-corrected chi connectivity index (χ0v) is 10.6. The van der Waals surface area contributed by atoms with Crippen LogP contribution in [0.4, 0.5) is 0 Å². The third kappa shape index (κ3) is 2.15. The third-order valence-electron chi connectivity index (χ3n) is 2.42. The Kier molecular flexibility index (Phi) is 3.36. The number of aromatic nitrogens is 3. The Labute approximate surface area is 103 Å². The van der Waals surface area contributed by atoms with E-state index < -0.39 is 0 Å². The minimum absolute atomic E-state index is 0.575. The predicted octanol–water partition coefficient (Wildman–Crippen LogP) is 1.84. The number of halogens is 1. The van der Waals surface area contributed by atoms with Crippen molar-refractivity contribution in [3.63, 3.8) is 0 Å². The monoisotopic (exact) mass is 280 g/mol. The first kappa shape index (κ1) is 11.3. The number of benzene rings is 1. The zero-order valence-electron chi connectivity index (χ0n) is 9.02. The Morgan fingerprint density at radius 2 is 2.25 bits per heavy atom. The molecule has 4 nitrogen and oxygen atoms in total. The normalized spacial score (nSPS) is 10.7. The fraction of sp³-hybridized carbons (Fsp3) is 0.273. The van der Waals surface area contributed by atoms with E-state index in [4.69, 9.17) is 5.73 Å². The lowest BCUT2D eigenvalue weighted by molar-refractivity contribution is 0.830. The molecule has 1 heterocycles. The van der Waals surface area contributed by atoms with Crippen molar-refractivity contribution in [1.82, 2.24) is 14.8 Å². The van der Waals surface area contributed by atoms with Gasteiger partial charge in [0.05, 0.1) is 0 Å². The third-order valence-corrected chi connectivity index (χ3v) is 3.27. The molecule has 0 unspecified atom stereocenters. The fourth-order valence-electron chi connectivity index (χ4n) is 1.51. The second-order valence-corrected chi connectivity index (χ2v) is 4.44. The van der Waals surface area contributed by atoms with Gasteiger partial charge in [-0.05, 0) is 31.2 Å². The van der Waals surface area contributed by atoms with Gasteiger partial charge < -0.3 is 5.73 Å². The highest BCUT2D eigenvalue weighted by Gasteiger charge is 2.06. The average molecular weight is 281 g/mol. The molecule has 1 aromatic carbocycles. The summed E-state index contributed by atoms with van der Waals surface area (Å²) in [7, 11) is 0. The summed E-state index contributed by atoms with van der Waals surface area (Å²) in [6.45, 7) is 2.63. The SMILES string of the molecule is Cc1ccc(-n2cnnc2CCN)cc1Br. The van der Waals surface area contributed by atoms with Crippen molar-refractivity contribution in [1.29, 1.82) is 0 Å². The molecule has 0 amide bonds. The molecule has 0 atom stereocenters. The number of nitrogens with two attached hydrogens (primary N) is 1. The van der Waals surface area contributed by atoms with Gasteiger partial charge in [0.15, 0.2) is 0 Å². The van der Waals surface area contributed by atoms with E-state index >= 15 is 0 Å². The first-order valence-corrected chi connectivity index (χ1v) is 5.87. The number of aryl methyl sites for hydroxylation is 1. The molecule has 2 N–H and O–H groups in total. The van der Waals surface area contributed by atoms with Crippen LogP contribution in [0.1, 0.15) is 11.4 Å². The van der Waals surface area contributed by atoms with Gasteiger partial charge in [0.2, 0.25) is 0 Å². The highest BCUT2D eigenvalue weighted by Crippen LogP contribution is 2.20. The van der Waals surface area contributed by atoms with E-state index in [-0.39, 0.29) is 0 Å². The highest BCUT2D eigenvalue weighted by molar-refractivity contribution is 9.10. The summed E-state index contributed by atoms with van der Waals surface area (Å²) in [6, 6.07) is 6.16. The quantitative estimate of drug-likeness (QED) is 0.934. The molecule has 0 saturated heterocycles. The van der Waals surface area contributed by atoms with Crippen LogP contribution in [-0.4, -0.2) is 21.3 Å². The van der Waals surface area contributed by atoms with Crippen molar-refractivity contribution in [2.75, 3.05) is 6.54 Å². The van der Waals surface area contributed by atoms with Crippen molar-refractivity contribution < 1.29 is 0 Å². The molecule has 0 fully saturated rings. The number of hydrogen-bond donors (Lipinski definition) is 1. The van der Waals surface area contributed by atoms with Crippen LogP contribution >= 0.6 is 15.9 Å². The fourth-order valence-corrected chi connectivity index (χ4v) is 1.87. The largest absolute Gasteiger partial charge is 0.330 e. The molecule has 5 heteroatoms. The molecule has 0 bridgehead atoms. The zero-order chi connectivity index (χ0) is 11.5. The van der Waals surface area contributed by atoms with E-state index in [2.05, 4.69) is 45.2 Å². The number of hydrogen-bond acceptors (Lipinski definition) is 3. The molecule has 0 spiro atoms. The lowest BCUT2D eigenvalue weighted by atomic mass is 10.2.